The fourth-order valence-corrected chi connectivity index (χ4v) is 2.24. The normalized spacial score (nSPS) is 10.6. The first-order valence-corrected chi connectivity index (χ1v) is 8.28. The van der Waals surface area contributed by atoms with E-state index in [9.17, 15) is 9.59 Å². The van der Waals surface area contributed by atoms with Gasteiger partial charge in [-0.15, -0.1) is 0 Å². The van der Waals surface area contributed by atoms with Crippen LogP contribution in [0.1, 0.15) is 18.1 Å². The quantitative estimate of drug-likeness (QED) is 0.324. The van der Waals surface area contributed by atoms with E-state index in [-0.39, 0.29) is 17.9 Å². The van der Waals surface area contributed by atoms with Crippen LogP contribution in [0.5, 0.6) is 11.5 Å². The zero-order valence-corrected chi connectivity index (χ0v) is 15.1. The minimum absolute atomic E-state index is 0.153. The highest BCUT2D eigenvalue weighted by atomic mass is 16.6. The molecule has 0 aliphatic rings. The van der Waals surface area contributed by atoms with Gasteiger partial charge < -0.3 is 14.2 Å². The Balaban J connectivity index is 2.01. The zero-order valence-electron chi connectivity index (χ0n) is 15.1. The molecule has 0 amide bonds. The van der Waals surface area contributed by atoms with E-state index in [1.165, 1.54) is 19.3 Å². The summed E-state index contributed by atoms with van der Waals surface area (Å²) in [6, 6.07) is 15.7. The number of nitriles is 1. The molecule has 0 aliphatic heterocycles. The Bertz CT molecular complexity index is 895. The summed E-state index contributed by atoms with van der Waals surface area (Å²) in [5.74, 6) is -0.421. The Morgan fingerprint density at radius 2 is 1.85 bits per heavy atom. The predicted molar refractivity (Wildman–Crippen MR) is 99.0 cm³/mol. The number of carbonyl (C=O) groups excluding carboxylic acids is 2. The fourth-order valence-electron chi connectivity index (χ4n) is 2.24. The van der Waals surface area contributed by atoms with Gasteiger partial charge in [0.15, 0.2) is 6.61 Å². The van der Waals surface area contributed by atoms with Gasteiger partial charge in [0.25, 0.3) is 0 Å². The number of methoxy groups -OCH3 is 1. The number of nitrogens with zero attached hydrogens (tertiary/aromatic N) is 1. The maximum absolute atomic E-state index is 12.0. The lowest BCUT2D eigenvalue weighted by Gasteiger charge is -2.08. The van der Waals surface area contributed by atoms with E-state index in [0.717, 1.165) is 12.0 Å². The van der Waals surface area contributed by atoms with Crippen LogP contribution in [0.2, 0.25) is 0 Å². The van der Waals surface area contributed by atoms with Crippen LogP contribution in [0.3, 0.4) is 0 Å². The molecule has 0 saturated carbocycles. The first kappa shape index (κ1) is 19.7. The largest absolute Gasteiger partial charge is 0.482 e. The van der Waals surface area contributed by atoms with E-state index >= 15 is 0 Å². The molecule has 0 radical (unpaired) electrons. The van der Waals surface area contributed by atoms with Gasteiger partial charge in [-0.2, -0.15) is 5.26 Å². The highest BCUT2D eigenvalue weighted by Gasteiger charge is 2.10. The van der Waals surface area contributed by atoms with Crippen LogP contribution in [0, 0.1) is 11.3 Å². The summed E-state index contributed by atoms with van der Waals surface area (Å²) in [5, 5.41) is 9.00. The van der Waals surface area contributed by atoms with Crippen molar-refractivity contribution >= 4 is 18.0 Å². The molecule has 0 bridgehead atoms. The van der Waals surface area contributed by atoms with Gasteiger partial charge in [-0.05, 0) is 47.9 Å². The molecule has 2 aromatic rings. The minimum Gasteiger partial charge on any atom is -0.482 e. The van der Waals surface area contributed by atoms with Crippen molar-refractivity contribution in [3.8, 4) is 17.6 Å². The van der Waals surface area contributed by atoms with Gasteiger partial charge in [-0.25, -0.2) is 9.59 Å². The second kappa shape index (κ2) is 9.78. The summed E-state index contributed by atoms with van der Waals surface area (Å²) in [6.07, 6.45) is 2.23. The van der Waals surface area contributed by atoms with Crippen LogP contribution in [-0.4, -0.2) is 25.7 Å². The summed E-state index contributed by atoms with van der Waals surface area (Å²) >= 11 is 0. The third kappa shape index (κ3) is 6.01. The molecular formula is C21H19NO5. The van der Waals surface area contributed by atoms with E-state index < -0.39 is 11.9 Å². The molecule has 0 atom stereocenters. The van der Waals surface area contributed by atoms with Crippen molar-refractivity contribution in [2.45, 2.75) is 13.3 Å². The lowest BCUT2D eigenvalue weighted by molar-refractivity contribution is -0.137. The molecule has 0 saturated heterocycles. The Morgan fingerprint density at radius 3 is 2.56 bits per heavy atom. The monoisotopic (exact) mass is 365 g/mol. The van der Waals surface area contributed by atoms with E-state index in [1.807, 2.05) is 25.1 Å². The standard InChI is InChI=1S/C21H19NO5/c1-3-15-6-4-8-18(11-15)26-14-20(23)27-19-9-5-7-16(12-19)10-17(13-22)21(24)25-2/h4-12H,3,14H2,1-2H3/b17-10+. The van der Waals surface area contributed by atoms with Crippen molar-refractivity contribution in [1.82, 2.24) is 0 Å². The molecule has 0 N–H and O–H groups in total. The van der Waals surface area contributed by atoms with Crippen LogP contribution >= 0.6 is 0 Å². The number of benzene rings is 2. The second-order valence-corrected chi connectivity index (χ2v) is 5.50. The lowest BCUT2D eigenvalue weighted by atomic mass is 10.1. The highest BCUT2D eigenvalue weighted by Crippen LogP contribution is 2.17. The van der Waals surface area contributed by atoms with Crippen molar-refractivity contribution in [3.05, 3.63) is 65.2 Å². The van der Waals surface area contributed by atoms with Gasteiger partial charge in [-0.3, -0.25) is 0 Å². The summed E-state index contributed by atoms with van der Waals surface area (Å²) in [4.78, 5) is 23.5. The molecule has 0 unspecified atom stereocenters. The highest BCUT2D eigenvalue weighted by molar-refractivity contribution is 5.97. The van der Waals surface area contributed by atoms with E-state index in [0.29, 0.717) is 11.3 Å². The lowest BCUT2D eigenvalue weighted by Crippen LogP contribution is -2.17. The molecule has 0 fully saturated rings. The predicted octanol–water partition coefficient (Wildman–Crippen LogP) is 3.31. The maximum atomic E-state index is 12.0. The average molecular weight is 365 g/mol. The number of rotatable bonds is 7. The molecular weight excluding hydrogens is 346 g/mol. The average Bonchev–Trinajstić information content (AvgIpc) is 2.70. The maximum Gasteiger partial charge on any atom is 0.349 e. The van der Waals surface area contributed by atoms with Crippen LogP contribution < -0.4 is 9.47 Å². The Labute approximate surface area is 157 Å². The number of esters is 2. The molecule has 6 heteroatoms. The van der Waals surface area contributed by atoms with Crippen molar-refractivity contribution < 1.29 is 23.8 Å². The molecule has 138 valence electrons. The van der Waals surface area contributed by atoms with Gasteiger partial charge in [0, 0.05) is 0 Å². The molecule has 0 heterocycles. The van der Waals surface area contributed by atoms with Crippen LogP contribution in [-0.2, 0) is 20.7 Å². The van der Waals surface area contributed by atoms with E-state index in [1.54, 1.807) is 30.3 Å². The number of aryl methyl sites for hydroxylation is 1. The molecule has 0 spiro atoms. The number of hydrogen-bond acceptors (Lipinski definition) is 6. The summed E-state index contributed by atoms with van der Waals surface area (Å²) in [6.45, 7) is 1.80. The molecule has 2 rings (SSSR count). The van der Waals surface area contributed by atoms with Crippen molar-refractivity contribution in [2.24, 2.45) is 0 Å². The first-order chi connectivity index (χ1) is 13.0. The Hall–Kier alpha value is -3.59. The minimum atomic E-state index is -0.734. The molecule has 27 heavy (non-hydrogen) atoms. The Morgan fingerprint density at radius 1 is 1.11 bits per heavy atom. The van der Waals surface area contributed by atoms with Crippen molar-refractivity contribution in [1.29, 1.82) is 5.26 Å². The number of ether oxygens (including phenoxy) is 3. The van der Waals surface area contributed by atoms with Crippen LogP contribution in [0.25, 0.3) is 6.08 Å². The third-order valence-electron chi connectivity index (χ3n) is 3.59. The SMILES string of the molecule is CCc1cccc(OCC(=O)Oc2cccc(/C=C(\C#N)C(=O)OC)c2)c1. The van der Waals surface area contributed by atoms with E-state index in [2.05, 4.69) is 4.74 Å². The Kier molecular flexibility index (Phi) is 7.15. The summed E-state index contributed by atoms with van der Waals surface area (Å²) in [7, 11) is 1.20. The summed E-state index contributed by atoms with van der Waals surface area (Å²) in [5.41, 5.74) is 1.48. The van der Waals surface area contributed by atoms with Gasteiger partial charge >= 0.3 is 11.9 Å². The van der Waals surface area contributed by atoms with Gasteiger partial charge in [0.2, 0.25) is 0 Å². The van der Waals surface area contributed by atoms with Gasteiger partial charge in [0.05, 0.1) is 7.11 Å². The summed E-state index contributed by atoms with van der Waals surface area (Å²) < 4.78 is 15.2. The zero-order chi connectivity index (χ0) is 19.6. The topological polar surface area (TPSA) is 85.6 Å². The molecule has 0 aromatic heterocycles. The van der Waals surface area contributed by atoms with Crippen molar-refractivity contribution in [2.75, 3.05) is 13.7 Å². The van der Waals surface area contributed by atoms with Crippen molar-refractivity contribution in [3.63, 3.8) is 0 Å². The first-order valence-electron chi connectivity index (χ1n) is 8.28. The molecule has 2 aromatic carbocycles. The fraction of sp³-hybridized carbons (Fsp3) is 0.190. The van der Waals surface area contributed by atoms with Crippen LogP contribution in [0.15, 0.2) is 54.1 Å². The van der Waals surface area contributed by atoms with E-state index in [4.69, 9.17) is 14.7 Å². The van der Waals surface area contributed by atoms with Crippen LogP contribution in [0.4, 0.5) is 0 Å². The second-order valence-electron chi connectivity index (χ2n) is 5.50. The third-order valence-corrected chi connectivity index (χ3v) is 3.59. The number of carbonyl (C=O) groups is 2. The molecule has 0 aliphatic carbocycles. The smallest absolute Gasteiger partial charge is 0.349 e. The van der Waals surface area contributed by atoms with Gasteiger partial charge in [0.1, 0.15) is 23.1 Å². The molecule has 6 nitrogen and oxygen atoms in total. The number of hydrogen-bond donors (Lipinski definition) is 0. The van der Waals surface area contributed by atoms with Gasteiger partial charge in [-0.1, -0.05) is 31.2 Å².